The van der Waals surface area contributed by atoms with Crippen LogP contribution in [0.1, 0.15) is 22.3 Å². The molecule has 0 amide bonds. The van der Waals surface area contributed by atoms with E-state index in [9.17, 15) is 17.6 Å². The molecule has 0 bridgehead atoms. The fraction of sp³-hybridized carbons (Fsp3) is 0.214. The zero-order valence-corrected chi connectivity index (χ0v) is 20.8. The molecule has 0 saturated carbocycles. The van der Waals surface area contributed by atoms with E-state index in [2.05, 4.69) is 11.1 Å². The Bertz CT molecular complexity index is 1860. The van der Waals surface area contributed by atoms with E-state index >= 15 is 0 Å². The Hall–Kier alpha value is -3.52. The molecule has 0 unspecified atom stereocenters. The Labute approximate surface area is 207 Å². The first-order valence-corrected chi connectivity index (χ1v) is 12.2. The van der Waals surface area contributed by atoms with Crippen molar-refractivity contribution in [2.24, 2.45) is 7.05 Å². The number of aryl methyl sites for hydroxylation is 3. The average molecular weight is 510 g/mol. The number of aromatic nitrogens is 2. The zero-order chi connectivity index (χ0) is 25.5. The van der Waals surface area contributed by atoms with Gasteiger partial charge in [0.25, 0.3) is 6.33 Å². The van der Waals surface area contributed by atoms with E-state index in [0.29, 0.717) is 16.7 Å². The fourth-order valence-corrected chi connectivity index (χ4v) is 6.27. The van der Waals surface area contributed by atoms with Crippen LogP contribution in [0.2, 0.25) is 0 Å². The van der Waals surface area contributed by atoms with Gasteiger partial charge in [-0.3, -0.25) is 0 Å². The maximum atomic E-state index is 14.3. The van der Waals surface area contributed by atoms with Crippen LogP contribution in [0.3, 0.4) is 0 Å². The number of hydrogen-bond donors (Lipinski definition) is 0. The second-order valence-corrected chi connectivity index (χ2v) is 10.4. The van der Waals surface area contributed by atoms with Crippen LogP contribution in [0, 0.1) is 26.6 Å². The second kappa shape index (κ2) is 7.74. The highest BCUT2D eigenvalue weighted by atomic mass is 32.1. The van der Waals surface area contributed by atoms with E-state index in [-0.39, 0.29) is 11.4 Å². The predicted octanol–water partition coefficient (Wildman–Crippen LogP) is 8.01. The van der Waals surface area contributed by atoms with Crippen LogP contribution in [0.15, 0.2) is 47.1 Å². The van der Waals surface area contributed by atoms with Gasteiger partial charge < -0.3 is 4.42 Å². The summed E-state index contributed by atoms with van der Waals surface area (Å²) < 4.78 is 63.1. The summed E-state index contributed by atoms with van der Waals surface area (Å²) >= 11 is 1.42. The Balaban J connectivity index is 1.70. The maximum absolute atomic E-state index is 14.3. The Morgan fingerprint density at radius 3 is 2.47 bits per heavy atom. The van der Waals surface area contributed by atoms with Crippen LogP contribution < -0.4 is 4.57 Å². The average Bonchev–Trinajstić information content (AvgIpc) is 3.32. The first-order chi connectivity index (χ1) is 17.0. The molecule has 0 aliphatic rings. The van der Waals surface area contributed by atoms with Crippen LogP contribution in [0.4, 0.5) is 17.6 Å². The number of rotatable bonds is 2. The van der Waals surface area contributed by atoms with Gasteiger partial charge in [0.1, 0.15) is 21.7 Å². The summed E-state index contributed by atoms with van der Waals surface area (Å²) in [6.45, 7) is 5.77. The van der Waals surface area contributed by atoms with E-state index < -0.39 is 12.6 Å². The standard InChI is InChI=1S/C28H21F4N2OS/c1-13-7-19-18-8-14(2)20(29)10-21(18)35-26(19)23(15(13)3)25-27-24(33-12-34(25)4)17-6-5-16(9-22(17)36-27)11-28(30,31)32/h5-10,12H,11H2,1-4H3/q+1. The molecule has 3 aromatic carbocycles. The van der Waals surface area contributed by atoms with Crippen molar-refractivity contribution in [1.29, 1.82) is 0 Å². The topological polar surface area (TPSA) is 29.9 Å². The highest BCUT2D eigenvalue weighted by Gasteiger charge is 2.29. The van der Waals surface area contributed by atoms with Crippen LogP contribution in [0.5, 0.6) is 0 Å². The third kappa shape index (κ3) is 3.46. The SMILES string of the molecule is Cc1cc2c(cc1F)oc1c(-c3c4sc5cc(CC(F)(F)F)ccc5c4nc[n+]3C)c(C)c(C)cc12. The van der Waals surface area contributed by atoms with E-state index in [4.69, 9.17) is 4.42 Å². The molecule has 0 N–H and O–H groups in total. The first kappa shape index (κ1) is 22.9. The number of hydrogen-bond acceptors (Lipinski definition) is 3. The molecule has 182 valence electrons. The molecule has 0 fully saturated rings. The maximum Gasteiger partial charge on any atom is 0.393 e. The molecular formula is C28H21F4N2OS+. The molecule has 0 spiro atoms. The molecule has 0 atom stereocenters. The van der Waals surface area contributed by atoms with Gasteiger partial charge in [-0.1, -0.05) is 6.07 Å². The van der Waals surface area contributed by atoms with E-state index in [1.165, 1.54) is 23.5 Å². The fourth-order valence-electron chi connectivity index (χ4n) is 4.96. The van der Waals surface area contributed by atoms with Gasteiger partial charge in [-0.2, -0.15) is 13.2 Å². The molecular weight excluding hydrogens is 488 g/mol. The van der Waals surface area contributed by atoms with Gasteiger partial charge in [-0.15, -0.1) is 11.3 Å². The summed E-state index contributed by atoms with van der Waals surface area (Å²) in [6.07, 6.45) is -3.53. The quantitative estimate of drug-likeness (QED) is 0.175. The molecule has 6 aromatic rings. The lowest BCUT2D eigenvalue weighted by Crippen LogP contribution is -2.31. The number of alkyl halides is 3. The summed E-state index contributed by atoms with van der Waals surface area (Å²) in [6, 6.07) is 10.1. The Kier molecular flexibility index (Phi) is 4.92. The minimum atomic E-state index is -4.27. The van der Waals surface area contributed by atoms with Gasteiger partial charge in [0.2, 0.25) is 5.52 Å². The van der Waals surface area contributed by atoms with Crippen molar-refractivity contribution >= 4 is 53.6 Å². The highest BCUT2D eigenvalue weighted by molar-refractivity contribution is 7.26. The van der Waals surface area contributed by atoms with Crippen molar-refractivity contribution in [2.45, 2.75) is 33.4 Å². The van der Waals surface area contributed by atoms with Gasteiger partial charge in [0.15, 0.2) is 5.69 Å². The van der Waals surface area contributed by atoms with Crippen molar-refractivity contribution in [3.05, 3.63) is 70.8 Å². The molecule has 3 aromatic heterocycles. The van der Waals surface area contributed by atoms with Crippen LogP contribution >= 0.6 is 11.3 Å². The highest BCUT2D eigenvalue weighted by Crippen LogP contribution is 2.44. The number of halogens is 4. The Morgan fingerprint density at radius 1 is 0.972 bits per heavy atom. The monoisotopic (exact) mass is 509 g/mol. The van der Waals surface area contributed by atoms with Crippen molar-refractivity contribution < 1.29 is 26.5 Å². The molecule has 36 heavy (non-hydrogen) atoms. The summed E-state index contributed by atoms with van der Waals surface area (Å²) in [5.74, 6) is -0.326. The second-order valence-electron chi connectivity index (χ2n) is 9.38. The van der Waals surface area contributed by atoms with Gasteiger partial charge in [-0.25, -0.2) is 8.96 Å². The minimum absolute atomic E-state index is 0.219. The van der Waals surface area contributed by atoms with Crippen molar-refractivity contribution in [3.63, 3.8) is 0 Å². The van der Waals surface area contributed by atoms with Crippen molar-refractivity contribution in [3.8, 4) is 11.3 Å². The molecule has 6 rings (SSSR count). The molecule has 0 aliphatic heterocycles. The lowest BCUT2D eigenvalue weighted by Gasteiger charge is -2.10. The van der Waals surface area contributed by atoms with Crippen molar-refractivity contribution in [2.75, 3.05) is 0 Å². The first-order valence-electron chi connectivity index (χ1n) is 11.4. The predicted molar refractivity (Wildman–Crippen MR) is 135 cm³/mol. The molecule has 0 aliphatic carbocycles. The zero-order valence-electron chi connectivity index (χ0n) is 20.0. The third-order valence-corrected chi connectivity index (χ3v) is 8.01. The van der Waals surface area contributed by atoms with Gasteiger partial charge in [-0.05, 0) is 72.3 Å². The molecule has 8 heteroatoms. The lowest BCUT2D eigenvalue weighted by molar-refractivity contribution is -0.662. The lowest BCUT2D eigenvalue weighted by atomic mass is 9.96. The number of fused-ring (bicyclic) bond motifs is 6. The third-order valence-electron chi connectivity index (χ3n) is 6.86. The summed E-state index contributed by atoms with van der Waals surface area (Å²) in [4.78, 5) is 4.63. The largest absolute Gasteiger partial charge is 0.455 e. The van der Waals surface area contributed by atoms with Gasteiger partial charge in [0, 0.05) is 26.9 Å². The summed E-state index contributed by atoms with van der Waals surface area (Å²) in [7, 11) is 1.89. The number of furan rings is 1. The van der Waals surface area contributed by atoms with Gasteiger partial charge in [0.05, 0.1) is 19.0 Å². The number of benzene rings is 3. The van der Waals surface area contributed by atoms with Crippen LogP contribution in [-0.4, -0.2) is 11.2 Å². The summed E-state index contributed by atoms with van der Waals surface area (Å²) in [5, 5.41) is 2.55. The Morgan fingerprint density at radius 2 is 1.72 bits per heavy atom. The van der Waals surface area contributed by atoms with Gasteiger partial charge >= 0.3 is 6.18 Å². The van der Waals surface area contributed by atoms with E-state index in [1.54, 1.807) is 31.5 Å². The molecule has 0 radical (unpaired) electrons. The normalized spacial score (nSPS) is 12.6. The minimum Gasteiger partial charge on any atom is -0.455 e. The molecule has 0 saturated heterocycles. The molecule has 3 heterocycles. The van der Waals surface area contributed by atoms with Crippen molar-refractivity contribution in [1.82, 2.24) is 4.98 Å². The summed E-state index contributed by atoms with van der Waals surface area (Å²) in [5.41, 5.74) is 6.41. The number of thiophene rings is 1. The molecule has 3 nitrogen and oxygen atoms in total. The van der Waals surface area contributed by atoms with E-state index in [0.717, 1.165) is 53.5 Å². The van der Waals surface area contributed by atoms with E-state index in [1.807, 2.05) is 25.5 Å². The van der Waals surface area contributed by atoms with Crippen LogP contribution in [0.25, 0.3) is 53.5 Å². The number of nitrogens with zero attached hydrogens (tertiary/aromatic N) is 2. The van der Waals surface area contributed by atoms with Crippen LogP contribution in [-0.2, 0) is 13.5 Å². The smallest absolute Gasteiger partial charge is 0.393 e.